The molecule has 1 unspecified atom stereocenters. The second kappa shape index (κ2) is 7.53. The summed E-state index contributed by atoms with van der Waals surface area (Å²) in [5, 5.41) is 10.8. The Kier molecular flexibility index (Phi) is 4.74. The van der Waals surface area contributed by atoms with Crippen LogP contribution in [0.15, 0.2) is 12.3 Å². The lowest BCUT2D eigenvalue weighted by atomic mass is 9.94. The molecule has 28 heavy (non-hydrogen) atoms. The van der Waals surface area contributed by atoms with Crippen molar-refractivity contribution in [1.29, 1.82) is 0 Å². The van der Waals surface area contributed by atoms with Gasteiger partial charge < -0.3 is 10.2 Å². The van der Waals surface area contributed by atoms with E-state index in [-0.39, 0.29) is 11.9 Å². The summed E-state index contributed by atoms with van der Waals surface area (Å²) in [4.78, 5) is 23.8. The Bertz CT molecular complexity index is 858. The van der Waals surface area contributed by atoms with Crippen molar-refractivity contribution >= 4 is 11.9 Å². The summed E-state index contributed by atoms with van der Waals surface area (Å²) in [5.74, 6) is 1.56. The number of aromatic amines is 1. The number of H-pyrrole nitrogens is 1. The van der Waals surface area contributed by atoms with E-state index in [9.17, 15) is 4.79 Å². The zero-order chi connectivity index (χ0) is 18.9. The third kappa shape index (κ3) is 3.75. The third-order valence-electron chi connectivity index (χ3n) is 6.23. The van der Waals surface area contributed by atoms with Gasteiger partial charge in [0.1, 0.15) is 0 Å². The largest absolute Gasteiger partial charge is 0.352 e. The minimum absolute atomic E-state index is 0.118. The molecule has 3 heterocycles. The highest BCUT2D eigenvalue weighted by Gasteiger charge is 2.29. The van der Waals surface area contributed by atoms with Gasteiger partial charge in [-0.2, -0.15) is 5.10 Å². The average Bonchev–Trinajstić information content (AvgIpc) is 3.34. The van der Waals surface area contributed by atoms with Crippen LogP contribution in [0.5, 0.6) is 0 Å². The van der Waals surface area contributed by atoms with Gasteiger partial charge in [0.25, 0.3) is 0 Å². The summed E-state index contributed by atoms with van der Waals surface area (Å²) in [7, 11) is 0. The summed E-state index contributed by atoms with van der Waals surface area (Å²) in [5.41, 5.74) is 4.89. The van der Waals surface area contributed by atoms with Crippen molar-refractivity contribution in [1.82, 2.24) is 25.5 Å². The van der Waals surface area contributed by atoms with Crippen molar-refractivity contribution in [3.05, 3.63) is 34.9 Å². The van der Waals surface area contributed by atoms with Crippen molar-refractivity contribution < 1.29 is 4.79 Å². The Morgan fingerprint density at radius 1 is 1.25 bits per heavy atom. The fraction of sp³-hybridized carbons (Fsp3) is 0.619. The number of rotatable bonds is 6. The van der Waals surface area contributed by atoms with Crippen molar-refractivity contribution in [3.63, 3.8) is 0 Å². The molecule has 2 aliphatic carbocycles. The fourth-order valence-corrected chi connectivity index (χ4v) is 4.47. The highest BCUT2D eigenvalue weighted by atomic mass is 16.1. The first-order valence-electron chi connectivity index (χ1n) is 10.7. The van der Waals surface area contributed by atoms with Gasteiger partial charge in [-0.3, -0.25) is 9.89 Å². The first-order chi connectivity index (χ1) is 13.8. The standard InChI is InChI=1S/C21H28N6O/c28-20(8-7-19-16-3-1-2-4-18(16)25-26-19)23-15-10-12-27(13-15)21-22-11-9-17(24-21)14-5-6-14/h9,11,14-15H,1-8,10,12-13H2,(H,23,28)(H,25,26). The number of fused-ring (bicyclic) bond motifs is 1. The van der Waals surface area contributed by atoms with Gasteiger partial charge >= 0.3 is 0 Å². The normalized spacial score (nSPS) is 21.6. The molecule has 2 N–H and O–H groups in total. The van der Waals surface area contributed by atoms with Gasteiger partial charge in [-0.25, -0.2) is 9.97 Å². The molecule has 2 fully saturated rings. The van der Waals surface area contributed by atoms with Gasteiger partial charge in [-0.05, 0) is 56.6 Å². The number of nitrogens with zero attached hydrogens (tertiary/aromatic N) is 4. The maximum absolute atomic E-state index is 12.5. The van der Waals surface area contributed by atoms with Crippen LogP contribution >= 0.6 is 0 Å². The van der Waals surface area contributed by atoms with E-state index in [0.29, 0.717) is 12.3 Å². The third-order valence-corrected chi connectivity index (χ3v) is 6.23. The molecule has 0 aromatic carbocycles. The van der Waals surface area contributed by atoms with Crippen LogP contribution < -0.4 is 10.2 Å². The predicted molar refractivity (Wildman–Crippen MR) is 106 cm³/mol. The number of carbonyl (C=O) groups is 1. The van der Waals surface area contributed by atoms with Gasteiger partial charge in [-0.15, -0.1) is 0 Å². The molecule has 2 aromatic heterocycles. The molecule has 7 heteroatoms. The lowest BCUT2D eigenvalue weighted by Crippen LogP contribution is -2.37. The predicted octanol–water partition coefficient (Wildman–Crippen LogP) is 2.28. The molecule has 1 saturated carbocycles. The van der Waals surface area contributed by atoms with Crippen LogP contribution in [0, 0.1) is 0 Å². The number of carbonyl (C=O) groups excluding carboxylic acids is 1. The molecule has 2 aromatic rings. The second-order valence-electron chi connectivity index (χ2n) is 8.39. The average molecular weight is 380 g/mol. The number of nitrogens with one attached hydrogen (secondary N) is 2. The lowest BCUT2D eigenvalue weighted by molar-refractivity contribution is -0.121. The topological polar surface area (TPSA) is 86.8 Å². The minimum atomic E-state index is 0.118. The van der Waals surface area contributed by atoms with E-state index in [1.54, 1.807) is 0 Å². The molecule has 0 spiro atoms. The van der Waals surface area contributed by atoms with Crippen molar-refractivity contribution in [2.45, 2.75) is 69.7 Å². The fourth-order valence-electron chi connectivity index (χ4n) is 4.47. The highest BCUT2D eigenvalue weighted by Crippen LogP contribution is 2.39. The maximum Gasteiger partial charge on any atom is 0.225 e. The molecule has 148 valence electrons. The van der Waals surface area contributed by atoms with Gasteiger partial charge in [0.05, 0.1) is 5.69 Å². The van der Waals surface area contributed by atoms with Crippen LogP contribution in [0.3, 0.4) is 0 Å². The summed E-state index contributed by atoms with van der Waals surface area (Å²) in [6.45, 7) is 1.68. The van der Waals surface area contributed by atoms with E-state index in [1.807, 2.05) is 12.3 Å². The van der Waals surface area contributed by atoms with E-state index < -0.39 is 0 Å². The second-order valence-corrected chi connectivity index (χ2v) is 8.39. The summed E-state index contributed by atoms with van der Waals surface area (Å²) in [6.07, 6.45) is 11.2. The Morgan fingerprint density at radius 2 is 2.14 bits per heavy atom. The number of anilines is 1. The quantitative estimate of drug-likeness (QED) is 0.803. The first kappa shape index (κ1) is 17.6. The SMILES string of the molecule is O=C(CCc1n[nH]c2c1CCCC2)NC1CCN(c2nccc(C3CC3)n2)C1. The van der Waals surface area contributed by atoms with Gasteiger partial charge in [0.2, 0.25) is 11.9 Å². The molecule has 5 rings (SSSR count). The van der Waals surface area contributed by atoms with Crippen molar-refractivity contribution in [2.75, 3.05) is 18.0 Å². The Morgan fingerprint density at radius 3 is 3.04 bits per heavy atom. The van der Waals surface area contributed by atoms with Crippen LogP contribution in [0.1, 0.15) is 67.1 Å². The van der Waals surface area contributed by atoms with Gasteiger partial charge in [0.15, 0.2) is 0 Å². The molecule has 1 saturated heterocycles. The zero-order valence-electron chi connectivity index (χ0n) is 16.3. The van der Waals surface area contributed by atoms with E-state index in [4.69, 9.17) is 4.98 Å². The van der Waals surface area contributed by atoms with Gasteiger partial charge in [-0.1, -0.05) is 0 Å². The first-order valence-corrected chi connectivity index (χ1v) is 10.7. The minimum Gasteiger partial charge on any atom is -0.352 e. The van der Waals surface area contributed by atoms with Crippen LogP contribution in [-0.2, 0) is 24.1 Å². The smallest absolute Gasteiger partial charge is 0.225 e. The van der Waals surface area contributed by atoms with Crippen LogP contribution in [0.25, 0.3) is 0 Å². The molecule has 1 aliphatic heterocycles. The van der Waals surface area contributed by atoms with Crippen LogP contribution in [-0.4, -0.2) is 45.2 Å². The van der Waals surface area contributed by atoms with Gasteiger partial charge in [0, 0.05) is 55.5 Å². The molecule has 0 bridgehead atoms. The molecule has 0 radical (unpaired) electrons. The lowest BCUT2D eigenvalue weighted by Gasteiger charge is -2.17. The van der Waals surface area contributed by atoms with Crippen molar-refractivity contribution in [2.24, 2.45) is 0 Å². The summed E-state index contributed by atoms with van der Waals surface area (Å²) >= 11 is 0. The van der Waals surface area contributed by atoms with Crippen molar-refractivity contribution in [3.8, 4) is 0 Å². The molecular formula is C21H28N6O. The number of hydrogen-bond donors (Lipinski definition) is 2. The molecule has 1 atom stereocenters. The summed E-state index contributed by atoms with van der Waals surface area (Å²) in [6, 6.07) is 2.21. The number of amides is 1. The Balaban J connectivity index is 1.12. The maximum atomic E-state index is 12.5. The number of aryl methyl sites for hydroxylation is 2. The number of aromatic nitrogens is 4. The Hall–Kier alpha value is -2.44. The highest BCUT2D eigenvalue weighted by molar-refractivity contribution is 5.76. The summed E-state index contributed by atoms with van der Waals surface area (Å²) < 4.78 is 0. The molecule has 1 amide bonds. The zero-order valence-corrected chi connectivity index (χ0v) is 16.3. The van der Waals surface area contributed by atoms with E-state index in [1.165, 1.54) is 42.6 Å². The number of hydrogen-bond acceptors (Lipinski definition) is 5. The van der Waals surface area contributed by atoms with E-state index in [0.717, 1.165) is 50.4 Å². The monoisotopic (exact) mass is 380 g/mol. The molecular weight excluding hydrogens is 352 g/mol. The van der Waals surface area contributed by atoms with E-state index >= 15 is 0 Å². The van der Waals surface area contributed by atoms with Crippen LogP contribution in [0.4, 0.5) is 5.95 Å². The molecule has 7 nitrogen and oxygen atoms in total. The van der Waals surface area contributed by atoms with E-state index in [2.05, 4.69) is 25.4 Å². The Labute approximate surface area is 165 Å². The van der Waals surface area contributed by atoms with Crippen LogP contribution in [0.2, 0.25) is 0 Å². The molecule has 3 aliphatic rings.